The van der Waals surface area contributed by atoms with E-state index >= 15 is 0 Å². The van der Waals surface area contributed by atoms with Gasteiger partial charge in [-0.2, -0.15) is 0 Å². The first-order valence-electron chi connectivity index (χ1n) is 9.49. The molecule has 1 aromatic carbocycles. The van der Waals surface area contributed by atoms with Crippen LogP contribution in [0.4, 0.5) is 5.69 Å². The van der Waals surface area contributed by atoms with Crippen LogP contribution in [0.3, 0.4) is 0 Å². The number of anilines is 1. The fourth-order valence-corrected chi connectivity index (χ4v) is 5.02. The highest BCUT2D eigenvalue weighted by Gasteiger charge is 2.60. The van der Waals surface area contributed by atoms with Gasteiger partial charge in [0.1, 0.15) is 22.8 Å². The summed E-state index contributed by atoms with van der Waals surface area (Å²) >= 11 is 0. The maximum atomic E-state index is 13.3. The van der Waals surface area contributed by atoms with Gasteiger partial charge in [0, 0.05) is 37.7 Å². The van der Waals surface area contributed by atoms with Crippen LogP contribution < -0.4 is 10.6 Å². The van der Waals surface area contributed by atoms with Crippen molar-refractivity contribution in [2.24, 2.45) is 17.6 Å². The molecule has 0 saturated heterocycles. The second-order valence-corrected chi connectivity index (χ2v) is 8.26. The van der Waals surface area contributed by atoms with Crippen molar-refractivity contribution in [3.63, 3.8) is 0 Å². The Morgan fingerprint density at radius 1 is 1.17 bits per heavy atom. The number of phenols is 1. The average Bonchev–Trinajstić information content (AvgIpc) is 2.64. The molecular weight excluding hydrogens is 392 g/mol. The molecule has 30 heavy (non-hydrogen) atoms. The number of ketones is 2. The molecule has 4 rings (SSSR count). The van der Waals surface area contributed by atoms with Gasteiger partial charge in [-0.3, -0.25) is 14.4 Å². The lowest BCUT2D eigenvalue weighted by molar-refractivity contribution is -0.147. The molecule has 158 valence electrons. The van der Waals surface area contributed by atoms with Crippen molar-refractivity contribution in [1.29, 1.82) is 0 Å². The molecule has 6 N–H and O–H groups in total. The molecule has 0 aromatic heterocycles. The molecule has 0 heterocycles. The number of aromatic hydroxyl groups is 1. The van der Waals surface area contributed by atoms with E-state index in [0.29, 0.717) is 5.56 Å². The van der Waals surface area contributed by atoms with Crippen LogP contribution in [-0.2, 0) is 20.8 Å². The molecule has 9 heteroatoms. The molecule has 1 fully saturated rings. The highest BCUT2D eigenvalue weighted by atomic mass is 16.3. The standard InChI is InChI=1S/C21H22N2O7/c1-23(2)11-3-4-12(24)15-10(11)6-8-5-9-7-13(25)16(20(22)29)19(28)21(9,30)18(27)14(8)17(15)26/h3-4,8-9,24,26,28,30H,5-7H2,1-2H3,(H2,22,29)/t8?,9?,21-/m1/s1. The number of nitrogens with two attached hydrogens (primary N) is 1. The fraction of sp³-hybridized carbons (Fsp3) is 0.381. The summed E-state index contributed by atoms with van der Waals surface area (Å²) in [4.78, 5) is 39.1. The van der Waals surface area contributed by atoms with Gasteiger partial charge >= 0.3 is 0 Å². The number of phenolic OH excluding ortho intramolecular Hbond substituents is 1. The summed E-state index contributed by atoms with van der Waals surface area (Å²) in [7, 11) is 3.61. The summed E-state index contributed by atoms with van der Waals surface area (Å²) in [5.74, 6) is -6.25. The smallest absolute Gasteiger partial charge is 0.255 e. The minimum Gasteiger partial charge on any atom is -0.508 e. The first-order valence-corrected chi connectivity index (χ1v) is 9.49. The van der Waals surface area contributed by atoms with E-state index in [2.05, 4.69) is 0 Å². The molecule has 0 spiro atoms. The van der Waals surface area contributed by atoms with Gasteiger partial charge in [-0.15, -0.1) is 0 Å². The van der Waals surface area contributed by atoms with Gasteiger partial charge in [0.05, 0.1) is 5.56 Å². The number of aliphatic hydroxyl groups excluding tert-OH is 2. The maximum absolute atomic E-state index is 13.3. The third kappa shape index (κ3) is 2.41. The summed E-state index contributed by atoms with van der Waals surface area (Å²) in [6.45, 7) is 0. The minimum atomic E-state index is -2.54. The largest absolute Gasteiger partial charge is 0.508 e. The first kappa shape index (κ1) is 20.0. The second-order valence-electron chi connectivity index (χ2n) is 8.26. The Bertz CT molecular complexity index is 1090. The lowest BCUT2D eigenvalue weighted by atomic mass is 9.59. The summed E-state index contributed by atoms with van der Waals surface area (Å²) in [5.41, 5.74) is 3.17. The Hall–Kier alpha value is -3.33. The molecule has 2 unspecified atom stereocenters. The van der Waals surface area contributed by atoms with E-state index in [0.717, 1.165) is 5.69 Å². The number of nitrogens with zero attached hydrogens (tertiary/aromatic N) is 1. The highest BCUT2D eigenvalue weighted by Crippen LogP contribution is 2.52. The van der Waals surface area contributed by atoms with E-state index < -0.39 is 52.0 Å². The molecule has 0 bridgehead atoms. The molecule has 1 aromatic rings. The number of benzene rings is 1. The predicted molar refractivity (Wildman–Crippen MR) is 106 cm³/mol. The van der Waals surface area contributed by atoms with Gasteiger partial charge in [0.15, 0.2) is 11.4 Å². The number of rotatable bonds is 2. The summed E-state index contributed by atoms with van der Waals surface area (Å²) in [5, 5.41) is 43.0. The van der Waals surface area contributed by atoms with E-state index in [1.54, 1.807) is 6.07 Å². The van der Waals surface area contributed by atoms with Gasteiger partial charge < -0.3 is 31.1 Å². The van der Waals surface area contributed by atoms with Crippen LogP contribution in [0.5, 0.6) is 5.75 Å². The number of hydrogen-bond acceptors (Lipinski definition) is 8. The van der Waals surface area contributed by atoms with Gasteiger partial charge in [0.2, 0.25) is 5.78 Å². The number of carbonyl (C=O) groups excluding carboxylic acids is 3. The summed E-state index contributed by atoms with van der Waals surface area (Å²) in [6.07, 6.45) is 0.0737. The molecule has 0 aliphatic heterocycles. The molecule has 1 amide bonds. The number of fused-ring (bicyclic) bond motifs is 3. The second kappa shape index (κ2) is 6.33. The highest BCUT2D eigenvalue weighted by molar-refractivity contribution is 6.22. The quantitative estimate of drug-likeness (QED) is 0.437. The Balaban J connectivity index is 1.95. The van der Waals surface area contributed by atoms with Crippen molar-refractivity contribution in [2.45, 2.75) is 24.9 Å². The Kier molecular flexibility index (Phi) is 4.21. The number of aliphatic hydroxyl groups is 3. The zero-order chi connectivity index (χ0) is 22.1. The lowest BCUT2D eigenvalue weighted by Gasteiger charge is -2.46. The van der Waals surface area contributed by atoms with E-state index in [1.807, 2.05) is 19.0 Å². The SMILES string of the molecule is CN(C)c1ccc(O)c2c1CC1CC3CC(=O)C(C(N)=O)=C(O)[C@]3(O)C(=O)C1=C2O. The fourth-order valence-electron chi connectivity index (χ4n) is 5.02. The first-order chi connectivity index (χ1) is 14.0. The van der Waals surface area contributed by atoms with Gasteiger partial charge in [-0.1, -0.05) is 0 Å². The third-order valence-electron chi connectivity index (χ3n) is 6.40. The lowest BCUT2D eigenvalue weighted by Crippen LogP contribution is -2.58. The van der Waals surface area contributed by atoms with E-state index in [4.69, 9.17) is 5.73 Å². The zero-order valence-corrected chi connectivity index (χ0v) is 16.5. The van der Waals surface area contributed by atoms with Crippen molar-refractivity contribution >= 4 is 28.9 Å². The summed E-state index contributed by atoms with van der Waals surface area (Å²) in [6, 6.07) is 3.10. The summed E-state index contributed by atoms with van der Waals surface area (Å²) < 4.78 is 0. The van der Waals surface area contributed by atoms with Gasteiger partial charge in [0.25, 0.3) is 5.91 Å². The third-order valence-corrected chi connectivity index (χ3v) is 6.40. The van der Waals surface area contributed by atoms with Crippen LogP contribution in [0.2, 0.25) is 0 Å². The normalized spacial score (nSPS) is 28.1. The number of hydrogen-bond donors (Lipinski definition) is 5. The van der Waals surface area contributed by atoms with Crippen LogP contribution in [0.25, 0.3) is 5.76 Å². The number of Topliss-reactive ketones (excluding diaryl/α,β-unsaturated/α-hetero) is 2. The van der Waals surface area contributed by atoms with Crippen molar-refractivity contribution in [3.05, 3.63) is 40.2 Å². The van der Waals surface area contributed by atoms with E-state index in [9.17, 15) is 34.8 Å². The van der Waals surface area contributed by atoms with Crippen molar-refractivity contribution in [3.8, 4) is 5.75 Å². The molecule has 1 saturated carbocycles. The monoisotopic (exact) mass is 414 g/mol. The predicted octanol–water partition coefficient (Wildman–Crippen LogP) is 0.490. The van der Waals surface area contributed by atoms with Crippen molar-refractivity contribution in [1.82, 2.24) is 0 Å². The van der Waals surface area contributed by atoms with E-state index in [1.165, 1.54) is 6.07 Å². The molecule has 3 aliphatic rings. The van der Waals surface area contributed by atoms with Crippen LogP contribution in [-0.4, -0.2) is 57.6 Å². The van der Waals surface area contributed by atoms with Crippen LogP contribution in [0.1, 0.15) is 24.0 Å². The Labute approximate surface area is 171 Å². The van der Waals surface area contributed by atoms with Crippen molar-refractivity contribution in [2.75, 3.05) is 19.0 Å². The average molecular weight is 414 g/mol. The molecule has 0 radical (unpaired) electrons. The van der Waals surface area contributed by atoms with Crippen LogP contribution >= 0.6 is 0 Å². The minimum absolute atomic E-state index is 0.0910. The van der Waals surface area contributed by atoms with Gasteiger partial charge in [-0.25, -0.2) is 0 Å². The van der Waals surface area contributed by atoms with Crippen LogP contribution in [0.15, 0.2) is 29.0 Å². The molecular formula is C21H22N2O7. The molecule has 3 atom stereocenters. The van der Waals surface area contributed by atoms with Gasteiger partial charge in [-0.05, 0) is 36.5 Å². The number of carbonyl (C=O) groups is 3. The van der Waals surface area contributed by atoms with Crippen molar-refractivity contribution < 1.29 is 34.8 Å². The Morgan fingerprint density at radius 3 is 2.43 bits per heavy atom. The van der Waals surface area contributed by atoms with E-state index in [-0.39, 0.29) is 36.1 Å². The van der Waals surface area contributed by atoms with Crippen LogP contribution in [0, 0.1) is 11.8 Å². The molecule has 9 nitrogen and oxygen atoms in total. The topological polar surface area (TPSA) is 161 Å². The molecule has 3 aliphatic carbocycles. The number of primary amides is 1. The maximum Gasteiger partial charge on any atom is 0.255 e. The Morgan fingerprint density at radius 2 is 1.83 bits per heavy atom. The zero-order valence-electron chi connectivity index (χ0n) is 16.5. The number of amides is 1.